The average Bonchev–Trinajstić information content (AvgIpc) is 2.94. The first kappa shape index (κ1) is 13.1. The van der Waals surface area contributed by atoms with Crippen LogP contribution in [0.2, 0.25) is 0 Å². The van der Waals surface area contributed by atoms with Crippen LogP contribution in [-0.2, 0) is 0 Å². The summed E-state index contributed by atoms with van der Waals surface area (Å²) in [6.45, 7) is 0. The van der Waals surface area contributed by atoms with E-state index < -0.39 is 0 Å². The summed E-state index contributed by atoms with van der Waals surface area (Å²) in [6.07, 6.45) is 4.59. The molecule has 0 unspecified atom stereocenters. The van der Waals surface area contributed by atoms with Crippen LogP contribution in [0, 0.1) is 0 Å². The summed E-state index contributed by atoms with van der Waals surface area (Å²) in [7, 11) is 0. The van der Waals surface area contributed by atoms with Crippen LogP contribution in [0.5, 0.6) is 0 Å². The highest BCUT2D eigenvalue weighted by Gasteiger charge is 2.40. The number of anilines is 1. The van der Waals surface area contributed by atoms with E-state index in [2.05, 4.69) is 63.1 Å². The third-order valence-electron chi connectivity index (χ3n) is 4.50. The van der Waals surface area contributed by atoms with Crippen LogP contribution in [0.25, 0.3) is 10.8 Å². The Morgan fingerprint density at radius 2 is 1.77 bits per heavy atom. The van der Waals surface area contributed by atoms with Crippen molar-refractivity contribution in [2.24, 2.45) is 5.73 Å². The lowest BCUT2D eigenvalue weighted by molar-refractivity contribution is -0.797. The van der Waals surface area contributed by atoms with Crippen LogP contribution >= 0.6 is 0 Å². The molecule has 0 saturated heterocycles. The van der Waals surface area contributed by atoms with Gasteiger partial charge in [0.05, 0.1) is 0 Å². The third kappa shape index (κ3) is 2.28. The minimum absolute atomic E-state index is 0.109. The molecule has 1 aliphatic heterocycles. The fourth-order valence-electron chi connectivity index (χ4n) is 3.49. The smallest absolute Gasteiger partial charge is 0.290 e. The molecular weight excluding hydrogens is 274 g/mol. The van der Waals surface area contributed by atoms with Crippen LogP contribution in [0.15, 0.2) is 42.5 Å². The number of benzene rings is 2. The molecule has 22 heavy (non-hydrogen) atoms. The first-order valence-electron chi connectivity index (χ1n) is 7.82. The number of guanidine groups is 2. The SMILES string of the molecule is NC1=[NH+]C2(CCCC2)[NH+]=C(Nc2cccc3ccccc23)N1. The number of hydrogen-bond donors (Lipinski definition) is 5. The summed E-state index contributed by atoms with van der Waals surface area (Å²) >= 11 is 0. The molecule has 1 spiro atoms. The molecule has 2 aromatic rings. The molecule has 0 bridgehead atoms. The van der Waals surface area contributed by atoms with Gasteiger partial charge in [-0.05, 0) is 24.3 Å². The Balaban J connectivity index is 1.69. The van der Waals surface area contributed by atoms with Crippen LogP contribution in [0.1, 0.15) is 25.7 Å². The van der Waals surface area contributed by atoms with Gasteiger partial charge in [-0.15, -0.1) is 0 Å². The van der Waals surface area contributed by atoms with Crippen molar-refractivity contribution in [2.45, 2.75) is 31.3 Å². The van der Waals surface area contributed by atoms with E-state index in [1.807, 2.05) is 0 Å². The molecule has 4 rings (SSSR count). The number of hydrogen-bond acceptors (Lipinski definition) is 3. The summed E-state index contributed by atoms with van der Waals surface area (Å²) in [5.74, 6) is 1.44. The maximum Gasteiger partial charge on any atom is 0.361 e. The molecule has 5 nitrogen and oxygen atoms in total. The van der Waals surface area contributed by atoms with Gasteiger partial charge in [-0.3, -0.25) is 5.73 Å². The molecule has 0 amide bonds. The zero-order valence-electron chi connectivity index (χ0n) is 12.4. The van der Waals surface area contributed by atoms with Crippen molar-refractivity contribution in [3.63, 3.8) is 0 Å². The van der Waals surface area contributed by atoms with E-state index in [0.717, 1.165) is 24.5 Å². The van der Waals surface area contributed by atoms with E-state index in [1.165, 1.54) is 23.6 Å². The van der Waals surface area contributed by atoms with Gasteiger partial charge in [0.1, 0.15) is 5.69 Å². The van der Waals surface area contributed by atoms with Crippen LogP contribution in [0.3, 0.4) is 0 Å². The lowest BCUT2D eigenvalue weighted by atomic mass is 10.1. The highest BCUT2D eigenvalue weighted by atomic mass is 15.3. The minimum Gasteiger partial charge on any atom is -0.290 e. The van der Waals surface area contributed by atoms with Crippen molar-refractivity contribution < 1.29 is 9.98 Å². The molecule has 2 aliphatic rings. The number of nitrogens with one attached hydrogen (secondary N) is 4. The van der Waals surface area contributed by atoms with E-state index in [-0.39, 0.29) is 5.66 Å². The summed E-state index contributed by atoms with van der Waals surface area (Å²) < 4.78 is 0. The van der Waals surface area contributed by atoms with Crippen molar-refractivity contribution >= 4 is 28.4 Å². The summed E-state index contributed by atoms with van der Waals surface area (Å²) in [4.78, 5) is 6.91. The maximum atomic E-state index is 6.04. The first-order chi connectivity index (χ1) is 10.7. The van der Waals surface area contributed by atoms with Gasteiger partial charge >= 0.3 is 11.9 Å². The van der Waals surface area contributed by atoms with Gasteiger partial charge in [0.15, 0.2) is 0 Å². The molecule has 6 N–H and O–H groups in total. The molecule has 1 heterocycles. The van der Waals surface area contributed by atoms with E-state index in [9.17, 15) is 0 Å². The minimum atomic E-state index is -0.109. The largest absolute Gasteiger partial charge is 0.361 e. The predicted octanol–water partition coefficient (Wildman–Crippen LogP) is -1.04. The Hall–Kier alpha value is -2.56. The number of fused-ring (bicyclic) bond motifs is 1. The highest BCUT2D eigenvalue weighted by Crippen LogP contribution is 2.23. The van der Waals surface area contributed by atoms with E-state index in [4.69, 9.17) is 5.73 Å². The fraction of sp³-hybridized carbons (Fsp3) is 0.294. The topological polar surface area (TPSA) is 78.0 Å². The van der Waals surface area contributed by atoms with Crippen LogP contribution < -0.4 is 26.4 Å². The second-order valence-electron chi connectivity index (χ2n) is 6.10. The van der Waals surface area contributed by atoms with Gasteiger partial charge in [0, 0.05) is 18.2 Å². The number of rotatable bonds is 1. The van der Waals surface area contributed by atoms with Crippen molar-refractivity contribution in [3.05, 3.63) is 42.5 Å². The standard InChI is InChI=1S/C17H19N5/c18-15-20-16(22-17(21-15)10-3-4-11-17)19-14-9-5-7-12-6-1-2-8-13(12)14/h1-2,5-9H,3-4,10-11H2,(H4,18,19,20,21,22)/p+2. The van der Waals surface area contributed by atoms with Crippen molar-refractivity contribution in [3.8, 4) is 0 Å². The van der Waals surface area contributed by atoms with Crippen LogP contribution in [0.4, 0.5) is 5.69 Å². The predicted molar refractivity (Wildman–Crippen MR) is 88.0 cm³/mol. The normalized spacial score (nSPS) is 19.6. The van der Waals surface area contributed by atoms with Crippen molar-refractivity contribution in [2.75, 3.05) is 5.32 Å². The Labute approximate surface area is 129 Å². The molecule has 5 heteroatoms. The Bertz CT molecular complexity index is 766. The van der Waals surface area contributed by atoms with Crippen molar-refractivity contribution in [1.29, 1.82) is 0 Å². The molecule has 1 saturated carbocycles. The zero-order chi connectivity index (χ0) is 15.0. The molecule has 2 aromatic carbocycles. The number of nitrogens with two attached hydrogens (primary N) is 1. The van der Waals surface area contributed by atoms with Gasteiger partial charge in [-0.1, -0.05) is 36.4 Å². The molecule has 1 fully saturated rings. The third-order valence-corrected chi connectivity index (χ3v) is 4.50. The Kier molecular flexibility index (Phi) is 2.99. The molecule has 0 atom stereocenters. The lowest BCUT2D eigenvalue weighted by Gasteiger charge is -2.22. The monoisotopic (exact) mass is 295 g/mol. The van der Waals surface area contributed by atoms with Gasteiger partial charge in [0.2, 0.25) is 5.66 Å². The maximum absolute atomic E-state index is 6.04. The van der Waals surface area contributed by atoms with Gasteiger partial charge in [-0.25, -0.2) is 15.3 Å². The summed E-state index contributed by atoms with van der Waals surface area (Å²) in [6, 6.07) is 14.6. The molecule has 112 valence electrons. The fourth-order valence-corrected chi connectivity index (χ4v) is 3.49. The molecule has 1 aliphatic carbocycles. The van der Waals surface area contributed by atoms with Gasteiger partial charge < -0.3 is 0 Å². The molecule has 0 radical (unpaired) electrons. The highest BCUT2D eigenvalue weighted by molar-refractivity contribution is 6.05. The summed E-state index contributed by atoms with van der Waals surface area (Å²) in [5, 5.41) is 9.03. The average molecular weight is 295 g/mol. The zero-order valence-corrected chi connectivity index (χ0v) is 12.4. The summed E-state index contributed by atoms with van der Waals surface area (Å²) in [5.41, 5.74) is 7.00. The van der Waals surface area contributed by atoms with E-state index in [0.29, 0.717) is 5.96 Å². The second kappa shape index (κ2) is 5.02. The molecule has 0 aromatic heterocycles. The Morgan fingerprint density at radius 1 is 1.00 bits per heavy atom. The van der Waals surface area contributed by atoms with Crippen molar-refractivity contribution in [1.82, 2.24) is 5.32 Å². The van der Waals surface area contributed by atoms with E-state index in [1.54, 1.807) is 0 Å². The Morgan fingerprint density at radius 3 is 2.64 bits per heavy atom. The van der Waals surface area contributed by atoms with Gasteiger partial charge in [-0.2, -0.15) is 5.32 Å². The molecular formula is C17H21N5+2. The van der Waals surface area contributed by atoms with Crippen LogP contribution in [-0.4, -0.2) is 17.6 Å². The first-order valence-corrected chi connectivity index (χ1v) is 7.82. The van der Waals surface area contributed by atoms with E-state index >= 15 is 0 Å². The quantitative estimate of drug-likeness (QED) is 0.466. The van der Waals surface area contributed by atoms with Gasteiger partial charge in [0.25, 0.3) is 0 Å². The lowest BCUT2D eigenvalue weighted by Crippen LogP contribution is -3.14. The second-order valence-corrected chi connectivity index (χ2v) is 6.10.